The summed E-state index contributed by atoms with van der Waals surface area (Å²) in [6.45, 7) is 0.384. The highest BCUT2D eigenvalue weighted by molar-refractivity contribution is 7.89. The number of sulfonamides is 1. The van der Waals surface area contributed by atoms with Gasteiger partial charge < -0.3 is 4.74 Å². The Hall–Kier alpha value is -1.17. The third kappa shape index (κ3) is 3.20. The third-order valence-electron chi connectivity index (χ3n) is 4.10. The van der Waals surface area contributed by atoms with Gasteiger partial charge in [-0.1, -0.05) is 43.5 Å². The van der Waals surface area contributed by atoms with Crippen molar-refractivity contribution in [1.29, 1.82) is 0 Å². The third-order valence-corrected chi connectivity index (χ3v) is 5.95. The maximum atomic E-state index is 12.7. The Morgan fingerprint density at radius 3 is 2.48 bits per heavy atom. The summed E-state index contributed by atoms with van der Waals surface area (Å²) in [5, 5.41) is 0. The summed E-state index contributed by atoms with van der Waals surface area (Å²) in [5.74, 6) is 0. The van der Waals surface area contributed by atoms with E-state index in [4.69, 9.17) is 4.74 Å². The molecular formula is C16H21NO3S. The van der Waals surface area contributed by atoms with E-state index >= 15 is 0 Å². The molecule has 0 spiro atoms. The zero-order chi connectivity index (χ0) is 14.7. The van der Waals surface area contributed by atoms with E-state index in [9.17, 15) is 8.42 Å². The number of nitrogens with zero attached hydrogens (tertiary/aromatic N) is 1. The van der Waals surface area contributed by atoms with Crippen LogP contribution in [0.2, 0.25) is 0 Å². The fourth-order valence-electron chi connectivity index (χ4n) is 2.96. The van der Waals surface area contributed by atoms with Gasteiger partial charge in [-0.2, -0.15) is 4.31 Å². The lowest BCUT2D eigenvalue weighted by Gasteiger charge is -2.30. The lowest BCUT2D eigenvalue weighted by molar-refractivity contribution is -0.0467. The molecule has 21 heavy (non-hydrogen) atoms. The Morgan fingerprint density at radius 2 is 1.76 bits per heavy atom. The molecule has 0 saturated heterocycles. The van der Waals surface area contributed by atoms with Crippen LogP contribution in [-0.4, -0.2) is 31.6 Å². The van der Waals surface area contributed by atoms with Crippen LogP contribution in [0, 0.1) is 0 Å². The molecule has 1 aromatic carbocycles. The van der Waals surface area contributed by atoms with Crippen LogP contribution in [0.4, 0.5) is 0 Å². The summed E-state index contributed by atoms with van der Waals surface area (Å²) in [7, 11) is -3.49. The smallest absolute Gasteiger partial charge is 0.245 e. The summed E-state index contributed by atoms with van der Waals surface area (Å²) >= 11 is 0. The van der Waals surface area contributed by atoms with Crippen molar-refractivity contribution < 1.29 is 13.2 Å². The second-order valence-corrected chi connectivity index (χ2v) is 7.49. The molecular weight excluding hydrogens is 286 g/mol. The largest absolute Gasteiger partial charge is 0.355 e. The molecule has 1 aliphatic heterocycles. The predicted octanol–water partition coefficient (Wildman–Crippen LogP) is 2.92. The monoisotopic (exact) mass is 307 g/mol. The predicted molar refractivity (Wildman–Crippen MR) is 81.2 cm³/mol. The van der Waals surface area contributed by atoms with Gasteiger partial charge in [0.1, 0.15) is 6.23 Å². The van der Waals surface area contributed by atoms with E-state index in [1.54, 1.807) is 24.3 Å². The van der Waals surface area contributed by atoms with Gasteiger partial charge in [-0.15, -0.1) is 0 Å². The molecule has 1 aliphatic carbocycles. The standard InChI is InChI=1S/C16H21NO3S/c18-21(19,15-10-5-2-6-11-15)17-13-7-12-16(17)20-14-8-3-1-4-9-14/h2,5-7,10-12,14,16H,1,3-4,8-9,13H2. The topological polar surface area (TPSA) is 46.6 Å². The fraction of sp³-hybridized carbons (Fsp3) is 0.500. The molecule has 1 fully saturated rings. The van der Waals surface area contributed by atoms with Gasteiger partial charge in [0.15, 0.2) is 0 Å². The van der Waals surface area contributed by atoms with Crippen molar-refractivity contribution in [2.24, 2.45) is 0 Å². The fourth-order valence-corrected chi connectivity index (χ4v) is 4.40. The van der Waals surface area contributed by atoms with Gasteiger partial charge in [0.05, 0.1) is 11.0 Å². The van der Waals surface area contributed by atoms with Crippen molar-refractivity contribution in [2.45, 2.75) is 49.3 Å². The number of rotatable bonds is 4. The summed E-state index contributed by atoms with van der Waals surface area (Å²) in [4.78, 5) is 0.325. The second kappa shape index (κ2) is 6.30. The molecule has 2 aliphatic rings. The Balaban J connectivity index is 1.75. The quantitative estimate of drug-likeness (QED) is 0.804. The maximum Gasteiger partial charge on any atom is 0.245 e. The highest BCUT2D eigenvalue weighted by Crippen LogP contribution is 2.27. The van der Waals surface area contributed by atoms with E-state index < -0.39 is 16.3 Å². The van der Waals surface area contributed by atoms with Crippen molar-refractivity contribution in [2.75, 3.05) is 6.54 Å². The lowest BCUT2D eigenvalue weighted by Crippen LogP contribution is -2.40. The minimum Gasteiger partial charge on any atom is -0.355 e. The minimum absolute atomic E-state index is 0.181. The highest BCUT2D eigenvalue weighted by Gasteiger charge is 2.34. The van der Waals surface area contributed by atoms with Gasteiger partial charge in [-0.3, -0.25) is 0 Å². The molecule has 0 bridgehead atoms. The van der Waals surface area contributed by atoms with Crippen LogP contribution in [0.1, 0.15) is 32.1 Å². The zero-order valence-corrected chi connectivity index (χ0v) is 12.8. The van der Waals surface area contributed by atoms with Crippen molar-refractivity contribution in [3.63, 3.8) is 0 Å². The summed E-state index contributed by atoms with van der Waals surface area (Å²) in [5.41, 5.74) is 0. The van der Waals surface area contributed by atoms with Gasteiger partial charge in [-0.05, 0) is 31.1 Å². The van der Waals surface area contributed by atoms with Crippen LogP contribution < -0.4 is 0 Å². The zero-order valence-electron chi connectivity index (χ0n) is 12.0. The molecule has 1 atom stereocenters. The number of hydrogen-bond acceptors (Lipinski definition) is 3. The van der Waals surface area contributed by atoms with Crippen LogP contribution in [0.5, 0.6) is 0 Å². The van der Waals surface area contributed by atoms with Crippen LogP contribution >= 0.6 is 0 Å². The lowest BCUT2D eigenvalue weighted by atomic mass is 9.98. The Morgan fingerprint density at radius 1 is 1.05 bits per heavy atom. The number of benzene rings is 1. The normalized spacial score (nSPS) is 24.5. The van der Waals surface area contributed by atoms with Crippen molar-refractivity contribution >= 4 is 10.0 Å². The summed E-state index contributed by atoms with van der Waals surface area (Å²) in [6, 6.07) is 8.56. The molecule has 1 unspecified atom stereocenters. The SMILES string of the molecule is O=S(=O)(c1ccccc1)N1CC=CC1OC1CCCCC1. The van der Waals surface area contributed by atoms with E-state index in [0.29, 0.717) is 11.4 Å². The molecule has 0 amide bonds. The summed E-state index contributed by atoms with van der Waals surface area (Å²) < 4.78 is 32.9. The van der Waals surface area contributed by atoms with Crippen molar-refractivity contribution in [3.05, 3.63) is 42.5 Å². The first-order chi connectivity index (χ1) is 10.2. The Bertz CT molecular complexity index is 591. The number of ether oxygens (including phenoxy) is 1. The second-order valence-electron chi connectivity index (χ2n) is 5.60. The molecule has 0 N–H and O–H groups in total. The van der Waals surface area contributed by atoms with Gasteiger partial charge in [0.2, 0.25) is 10.0 Å². The van der Waals surface area contributed by atoms with Crippen molar-refractivity contribution in [3.8, 4) is 0 Å². The average Bonchev–Trinajstić information content (AvgIpc) is 2.98. The molecule has 0 aromatic heterocycles. The van der Waals surface area contributed by atoms with E-state index in [0.717, 1.165) is 12.8 Å². The summed E-state index contributed by atoms with van der Waals surface area (Å²) in [6.07, 6.45) is 9.11. The van der Waals surface area contributed by atoms with E-state index in [2.05, 4.69) is 0 Å². The molecule has 1 saturated carbocycles. The molecule has 4 nitrogen and oxygen atoms in total. The van der Waals surface area contributed by atoms with Gasteiger partial charge >= 0.3 is 0 Å². The first-order valence-corrected chi connectivity index (χ1v) is 9.01. The first-order valence-electron chi connectivity index (χ1n) is 7.57. The van der Waals surface area contributed by atoms with Gasteiger partial charge in [-0.25, -0.2) is 8.42 Å². The molecule has 0 radical (unpaired) electrons. The molecule has 1 aromatic rings. The number of hydrogen-bond donors (Lipinski definition) is 0. The Labute approximate surface area is 126 Å². The molecule has 1 heterocycles. The first kappa shape index (κ1) is 14.8. The molecule has 3 rings (SSSR count). The maximum absolute atomic E-state index is 12.7. The van der Waals surface area contributed by atoms with E-state index in [-0.39, 0.29) is 6.10 Å². The Kier molecular flexibility index (Phi) is 4.42. The van der Waals surface area contributed by atoms with E-state index in [1.807, 2.05) is 18.2 Å². The molecule has 5 heteroatoms. The van der Waals surface area contributed by atoms with E-state index in [1.165, 1.54) is 23.6 Å². The van der Waals surface area contributed by atoms with Crippen LogP contribution in [0.3, 0.4) is 0 Å². The van der Waals surface area contributed by atoms with Gasteiger partial charge in [0, 0.05) is 6.54 Å². The molecule has 114 valence electrons. The van der Waals surface area contributed by atoms with Crippen LogP contribution in [0.15, 0.2) is 47.4 Å². The van der Waals surface area contributed by atoms with Crippen molar-refractivity contribution in [1.82, 2.24) is 4.31 Å². The highest BCUT2D eigenvalue weighted by atomic mass is 32.2. The van der Waals surface area contributed by atoms with Gasteiger partial charge in [0.25, 0.3) is 0 Å². The van der Waals surface area contributed by atoms with Crippen LogP contribution in [-0.2, 0) is 14.8 Å². The average molecular weight is 307 g/mol. The van der Waals surface area contributed by atoms with Crippen LogP contribution in [0.25, 0.3) is 0 Å². The minimum atomic E-state index is -3.49.